The van der Waals surface area contributed by atoms with Crippen molar-refractivity contribution in [3.05, 3.63) is 130 Å². The predicted octanol–water partition coefficient (Wildman–Crippen LogP) is 4.29. The lowest BCUT2D eigenvalue weighted by Crippen LogP contribution is -2.51. The maximum Gasteiger partial charge on any atom is 0.338 e. The van der Waals surface area contributed by atoms with E-state index in [-0.39, 0.29) is 36.2 Å². The summed E-state index contributed by atoms with van der Waals surface area (Å²) in [6, 6.07) is 28.3. The van der Waals surface area contributed by atoms with Crippen LogP contribution in [0.4, 0.5) is 0 Å². The molecule has 0 radical (unpaired) electrons. The van der Waals surface area contributed by atoms with Crippen molar-refractivity contribution in [1.29, 1.82) is 0 Å². The normalized spacial score (nSPS) is 18.0. The van der Waals surface area contributed by atoms with Crippen LogP contribution in [0.3, 0.4) is 0 Å². The Balaban J connectivity index is 1.34. The monoisotopic (exact) mass is 634 g/mol. The van der Waals surface area contributed by atoms with Gasteiger partial charge in [-0.25, -0.2) is 9.59 Å². The number of rotatable bonds is 11. The summed E-state index contributed by atoms with van der Waals surface area (Å²) >= 11 is 0. The second-order valence-corrected chi connectivity index (χ2v) is 11.6. The summed E-state index contributed by atoms with van der Waals surface area (Å²) in [4.78, 5) is 32.0. The number of esters is 2. The van der Waals surface area contributed by atoms with Gasteiger partial charge in [-0.05, 0) is 42.7 Å². The van der Waals surface area contributed by atoms with Gasteiger partial charge in [0.1, 0.15) is 12.4 Å². The minimum absolute atomic E-state index is 0.0319. The number of terminal acetylenes is 1. The summed E-state index contributed by atoms with van der Waals surface area (Å²) in [6.07, 6.45) is 5.18. The molecular formula is C38H42N4O5. The topological polar surface area (TPSA) is 106 Å². The summed E-state index contributed by atoms with van der Waals surface area (Å²) in [5.41, 5.74) is 11.0. The zero-order valence-corrected chi connectivity index (χ0v) is 27.1. The van der Waals surface area contributed by atoms with Gasteiger partial charge in [0.05, 0.1) is 29.7 Å². The second kappa shape index (κ2) is 15.6. The van der Waals surface area contributed by atoms with E-state index in [4.69, 9.17) is 26.4 Å². The highest BCUT2D eigenvalue weighted by atomic mass is 16.6. The molecule has 5 rings (SSSR count). The molecular weight excluding hydrogens is 592 g/mol. The van der Waals surface area contributed by atoms with Crippen molar-refractivity contribution >= 4 is 11.9 Å². The molecule has 2 heterocycles. The molecule has 3 N–H and O–H groups in total. The molecule has 0 bridgehead atoms. The first kappa shape index (κ1) is 33.5. The highest BCUT2D eigenvalue weighted by Gasteiger charge is 2.40. The van der Waals surface area contributed by atoms with Gasteiger partial charge in [-0.15, -0.1) is 6.42 Å². The fourth-order valence-electron chi connectivity index (χ4n) is 6.33. The minimum Gasteiger partial charge on any atom is -0.460 e. The van der Waals surface area contributed by atoms with Crippen molar-refractivity contribution in [2.24, 2.45) is 5.73 Å². The second-order valence-electron chi connectivity index (χ2n) is 11.6. The van der Waals surface area contributed by atoms with E-state index in [1.807, 2.05) is 25.1 Å². The molecule has 1 saturated heterocycles. The molecule has 0 aliphatic carbocycles. The lowest BCUT2D eigenvalue weighted by Gasteiger charge is -2.41. The number of carbonyl (C=O) groups excluding carboxylic acids is 2. The molecule has 0 aromatic heterocycles. The number of hydrogen-bond donors (Lipinski definition) is 2. The van der Waals surface area contributed by atoms with Gasteiger partial charge in [0.15, 0.2) is 6.23 Å². The van der Waals surface area contributed by atoms with Crippen LogP contribution in [0.2, 0.25) is 0 Å². The summed E-state index contributed by atoms with van der Waals surface area (Å²) in [7, 11) is 1.52. The molecule has 0 spiro atoms. The van der Waals surface area contributed by atoms with E-state index >= 15 is 0 Å². The smallest absolute Gasteiger partial charge is 0.338 e. The van der Waals surface area contributed by atoms with Crippen molar-refractivity contribution in [3.63, 3.8) is 0 Å². The fourth-order valence-corrected chi connectivity index (χ4v) is 6.33. The number of ether oxygens (including phenoxy) is 3. The number of nitrogens with two attached hydrogens (primary N) is 1. The molecule has 2 atom stereocenters. The third kappa shape index (κ3) is 7.75. The Morgan fingerprint density at radius 2 is 1.51 bits per heavy atom. The predicted molar refractivity (Wildman–Crippen MR) is 180 cm³/mol. The molecule has 1 fully saturated rings. The summed E-state index contributed by atoms with van der Waals surface area (Å²) in [5, 5.41) is 3.01. The summed E-state index contributed by atoms with van der Waals surface area (Å²) in [5.74, 6) is 0.670. The lowest BCUT2D eigenvalue weighted by atomic mass is 9.81. The highest BCUT2D eigenvalue weighted by molar-refractivity contribution is 6.00. The minimum atomic E-state index is -0.853. The van der Waals surface area contributed by atoms with Gasteiger partial charge in [-0.2, -0.15) is 0 Å². The number of nitrogens with zero attached hydrogens (tertiary/aromatic N) is 2. The van der Waals surface area contributed by atoms with E-state index in [0.717, 1.165) is 13.1 Å². The van der Waals surface area contributed by atoms with Crippen LogP contribution in [0.25, 0.3) is 0 Å². The number of allylic oxidation sites excluding steroid dienone is 1. The molecule has 47 heavy (non-hydrogen) atoms. The molecule has 9 heteroatoms. The third-order valence-electron chi connectivity index (χ3n) is 8.68. The van der Waals surface area contributed by atoms with E-state index in [1.54, 1.807) is 25.1 Å². The summed E-state index contributed by atoms with van der Waals surface area (Å²) < 4.78 is 16.6. The number of benzene rings is 3. The Morgan fingerprint density at radius 1 is 0.894 bits per heavy atom. The first-order valence-corrected chi connectivity index (χ1v) is 15.8. The standard InChI is InChI=1S/C38H42N4O5/c1-5-28-13-12-18-31(25-28)33-32(26(2)40-36(39)34(33)37(43)46-24-23-45-4)38(44)47-27(3)41-19-21-42(22-20-41)35(29-14-8-6-9-15-29)30-16-10-7-11-17-30/h1,6-18,25,27,33,35,40H,19-24,39H2,2-4H3. The number of dihydropyridines is 1. The van der Waals surface area contributed by atoms with Gasteiger partial charge >= 0.3 is 11.9 Å². The van der Waals surface area contributed by atoms with Crippen LogP contribution in [0.1, 0.15) is 48.1 Å². The van der Waals surface area contributed by atoms with Crippen LogP contribution in [-0.4, -0.2) is 74.5 Å². The molecule has 0 amide bonds. The molecule has 2 aliphatic rings. The van der Waals surface area contributed by atoms with Gasteiger partial charge in [0.25, 0.3) is 0 Å². The first-order valence-electron chi connectivity index (χ1n) is 15.8. The SMILES string of the molecule is C#Cc1cccc(C2C(C(=O)OC(C)N3CCN(C(c4ccccc4)c4ccccc4)CC3)=C(C)NC(N)=C2C(=O)OCCOC)c1. The average molecular weight is 635 g/mol. The number of hydrogen-bond acceptors (Lipinski definition) is 9. The van der Waals surface area contributed by atoms with E-state index in [0.29, 0.717) is 29.9 Å². The molecule has 2 unspecified atom stereocenters. The Kier molecular flexibility index (Phi) is 11.1. The average Bonchev–Trinajstić information content (AvgIpc) is 3.09. The van der Waals surface area contributed by atoms with Gasteiger partial charge < -0.3 is 25.3 Å². The molecule has 3 aromatic rings. The first-order chi connectivity index (χ1) is 22.8. The zero-order chi connectivity index (χ0) is 33.3. The largest absolute Gasteiger partial charge is 0.460 e. The van der Waals surface area contributed by atoms with Crippen LogP contribution < -0.4 is 11.1 Å². The van der Waals surface area contributed by atoms with Gasteiger partial charge in [0, 0.05) is 44.5 Å². The van der Waals surface area contributed by atoms with Crippen molar-refractivity contribution in [3.8, 4) is 12.3 Å². The Morgan fingerprint density at radius 3 is 2.11 bits per heavy atom. The molecule has 3 aromatic carbocycles. The van der Waals surface area contributed by atoms with Crippen LogP contribution in [0.5, 0.6) is 0 Å². The Bertz CT molecular complexity index is 1620. The number of methoxy groups -OCH3 is 1. The number of nitrogens with one attached hydrogen (secondary N) is 1. The van der Waals surface area contributed by atoms with Crippen LogP contribution in [-0.2, 0) is 23.8 Å². The van der Waals surface area contributed by atoms with E-state index < -0.39 is 24.1 Å². The quantitative estimate of drug-likeness (QED) is 0.182. The fraction of sp³-hybridized carbons (Fsp3) is 0.316. The summed E-state index contributed by atoms with van der Waals surface area (Å²) in [6.45, 7) is 6.86. The number of piperazine rings is 1. The highest BCUT2D eigenvalue weighted by Crippen LogP contribution is 2.39. The van der Waals surface area contributed by atoms with E-state index in [1.165, 1.54) is 18.2 Å². The van der Waals surface area contributed by atoms with Crippen molar-refractivity contribution < 1.29 is 23.8 Å². The van der Waals surface area contributed by atoms with E-state index in [2.05, 4.69) is 69.6 Å². The van der Waals surface area contributed by atoms with Crippen LogP contribution >= 0.6 is 0 Å². The van der Waals surface area contributed by atoms with Gasteiger partial charge in [-0.3, -0.25) is 9.80 Å². The molecule has 2 aliphatic heterocycles. The van der Waals surface area contributed by atoms with Crippen molar-refractivity contribution in [2.45, 2.75) is 32.0 Å². The third-order valence-corrected chi connectivity index (χ3v) is 8.68. The molecule has 9 nitrogen and oxygen atoms in total. The maximum atomic E-state index is 14.0. The molecule has 0 saturated carbocycles. The molecule has 244 valence electrons. The van der Waals surface area contributed by atoms with E-state index in [9.17, 15) is 9.59 Å². The van der Waals surface area contributed by atoms with Crippen molar-refractivity contribution in [1.82, 2.24) is 15.1 Å². The van der Waals surface area contributed by atoms with Crippen molar-refractivity contribution in [2.75, 3.05) is 46.5 Å². The zero-order valence-electron chi connectivity index (χ0n) is 27.1. The van der Waals surface area contributed by atoms with Crippen LogP contribution in [0.15, 0.2) is 108 Å². The lowest BCUT2D eigenvalue weighted by molar-refractivity contribution is -0.155. The Labute approximate surface area is 277 Å². The number of carbonyl (C=O) groups is 2. The Hall–Kier alpha value is -4.88. The van der Waals surface area contributed by atoms with Gasteiger partial charge in [0.2, 0.25) is 0 Å². The van der Waals surface area contributed by atoms with Gasteiger partial charge in [-0.1, -0.05) is 78.7 Å². The van der Waals surface area contributed by atoms with Crippen LogP contribution in [0, 0.1) is 12.3 Å². The maximum absolute atomic E-state index is 14.0.